The molecule has 1 aliphatic heterocycles. The van der Waals surface area contributed by atoms with Gasteiger partial charge < -0.3 is 20.3 Å². The minimum atomic E-state index is -0.234. The number of aromatic nitrogens is 1. The molecule has 0 saturated carbocycles. The van der Waals surface area contributed by atoms with Gasteiger partial charge in [-0.15, -0.1) is 0 Å². The van der Waals surface area contributed by atoms with E-state index in [1.54, 1.807) is 6.20 Å². The van der Waals surface area contributed by atoms with Crippen LogP contribution in [0.2, 0.25) is 0 Å². The lowest BCUT2D eigenvalue weighted by molar-refractivity contribution is 0.251. The number of nitrogens with zero attached hydrogens (tertiary/aromatic N) is 2. The van der Waals surface area contributed by atoms with Crippen LogP contribution in [0.15, 0.2) is 42.6 Å². The Kier molecular flexibility index (Phi) is 6.60. The Balaban J connectivity index is 1.51. The lowest BCUT2D eigenvalue weighted by Crippen LogP contribution is -2.33. The van der Waals surface area contributed by atoms with Crippen LogP contribution in [0.3, 0.4) is 0 Å². The zero-order valence-corrected chi connectivity index (χ0v) is 15.7. The summed E-state index contributed by atoms with van der Waals surface area (Å²) in [5.74, 6) is 4.04. The molecule has 0 atom stereocenters. The molecule has 2 N–H and O–H groups in total. The first kappa shape index (κ1) is 18.4. The molecule has 6 nitrogen and oxygen atoms in total. The van der Waals surface area contributed by atoms with E-state index >= 15 is 0 Å². The molecule has 26 heavy (non-hydrogen) atoms. The molecule has 2 aromatic rings. The molecule has 0 radical (unpaired) electrons. The molecule has 7 heteroatoms. The molecule has 2 heterocycles. The molecule has 2 amide bonds. The number of benzene rings is 1. The second-order valence-corrected chi connectivity index (χ2v) is 7.11. The lowest BCUT2D eigenvalue weighted by atomic mass is 10.2. The fraction of sp³-hybridized carbons (Fsp3) is 0.368. The number of hydrogen-bond donors (Lipinski definition) is 2. The highest BCUT2D eigenvalue weighted by atomic mass is 32.2. The van der Waals surface area contributed by atoms with Crippen molar-refractivity contribution in [3.8, 4) is 5.75 Å². The number of rotatable bonds is 6. The van der Waals surface area contributed by atoms with E-state index in [1.807, 2.05) is 55.1 Å². The highest BCUT2D eigenvalue weighted by Crippen LogP contribution is 2.18. The maximum absolute atomic E-state index is 12.1. The van der Waals surface area contributed by atoms with Crippen molar-refractivity contribution in [1.29, 1.82) is 0 Å². The Morgan fingerprint density at radius 3 is 2.73 bits per heavy atom. The molecule has 138 valence electrons. The van der Waals surface area contributed by atoms with Crippen LogP contribution in [0, 0.1) is 0 Å². The molecule has 1 aliphatic rings. The first-order chi connectivity index (χ1) is 12.7. The molecular weight excluding hydrogens is 348 g/mol. The number of hydrogen-bond acceptors (Lipinski definition) is 5. The highest BCUT2D eigenvalue weighted by molar-refractivity contribution is 7.99. The van der Waals surface area contributed by atoms with Gasteiger partial charge in [-0.05, 0) is 48.9 Å². The lowest BCUT2D eigenvalue weighted by Gasteiger charge is -2.27. The molecule has 1 fully saturated rings. The molecule has 1 aromatic heterocycles. The first-order valence-electron chi connectivity index (χ1n) is 8.80. The van der Waals surface area contributed by atoms with Crippen molar-refractivity contribution in [3.63, 3.8) is 0 Å². The van der Waals surface area contributed by atoms with Crippen molar-refractivity contribution < 1.29 is 9.53 Å². The molecule has 0 spiro atoms. The van der Waals surface area contributed by atoms with Gasteiger partial charge in [0.25, 0.3) is 0 Å². The normalized spacial score (nSPS) is 14.0. The van der Waals surface area contributed by atoms with Gasteiger partial charge in [0.05, 0.1) is 6.61 Å². The summed E-state index contributed by atoms with van der Waals surface area (Å²) in [4.78, 5) is 18.9. The van der Waals surface area contributed by atoms with Crippen LogP contribution < -0.4 is 20.3 Å². The van der Waals surface area contributed by atoms with Crippen LogP contribution in [0.25, 0.3) is 0 Å². The first-order valence-corrected chi connectivity index (χ1v) is 9.95. The van der Waals surface area contributed by atoms with E-state index in [0.717, 1.165) is 47.4 Å². The van der Waals surface area contributed by atoms with Gasteiger partial charge in [-0.3, -0.25) is 0 Å². The summed E-state index contributed by atoms with van der Waals surface area (Å²) in [6, 6.07) is 11.1. The molecule has 1 saturated heterocycles. The van der Waals surface area contributed by atoms with Gasteiger partial charge >= 0.3 is 6.03 Å². The Labute approximate surface area is 158 Å². The quantitative estimate of drug-likeness (QED) is 0.814. The molecule has 0 aliphatic carbocycles. The highest BCUT2D eigenvalue weighted by Gasteiger charge is 2.12. The number of amides is 2. The number of pyridine rings is 1. The third-order valence-corrected chi connectivity index (χ3v) is 4.96. The Hall–Kier alpha value is -2.41. The van der Waals surface area contributed by atoms with Gasteiger partial charge in [0.2, 0.25) is 0 Å². The van der Waals surface area contributed by atoms with Crippen molar-refractivity contribution >= 4 is 29.3 Å². The topological polar surface area (TPSA) is 66.5 Å². The maximum atomic E-state index is 12.1. The van der Waals surface area contributed by atoms with Crippen LogP contribution in [-0.4, -0.2) is 42.2 Å². The fourth-order valence-corrected chi connectivity index (χ4v) is 3.60. The average Bonchev–Trinajstić information content (AvgIpc) is 2.69. The molecule has 0 bridgehead atoms. The monoisotopic (exact) mass is 372 g/mol. The average molecular weight is 372 g/mol. The summed E-state index contributed by atoms with van der Waals surface area (Å²) in [7, 11) is 0. The maximum Gasteiger partial charge on any atom is 0.319 e. The standard InChI is InChI=1S/C19H24N4O2S/c1-2-25-17-5-3-16(4-6-17)22-19(24)21-14-15-7-8-20-18(13-15)23-9-11-26-12-10-23/h3-8,13H,2,9-12,14H2,1H3,(H2,21,22,24). The van der Waals surface area contributed by atoms with Crippen molar-refractivity contribution in [3.05, 3.63) is 48.2 Å². The molecule has 0 unspecified atom stereocenters. The number of urea groups is 1. The minimum absolute atomic E-state index is 0.234. The second-order valence-electron chi connectivity index (χ2n) is 5.89. The van der Waals surface area contributed by atoms with Crippen LogP contribution in [0.5, 0.6) is 5.75 Å². The smallest absolute Gasteiger partial charge is 0.319 e. The van der Waals surface area contributed by atoms with E-state index in [9.17, 15) is 4.79 Å². The van der Waals surface area contributed by atoms with Gasteiger partial charge in [-0.25, -0.2) is 9.78 Å². The number of ether oxygens (including phenoxy) is 1. The third kappa shape index (κ3) is 5.29. The fourth-order valence-electron chi connectivity index (χ4n) is 2.69. The molecular formula is C19H24N4O2S. The second kappa shape index (κ2) is 9.33. The SMILES string of the molecule is CCOc1ccc(NC(=O)NCc2ccnc(N3CCSCC3)c2)cc1. The Morgan fingerprint density at radius 2 is 2.00 bits per heavy atom. The summed E-state index contributed by atoms with van der Waals surface area (Å²) >= 11 is 1.97. The van der Waals surface area contributed by atoms with Crippen LogP contribution in [-0.2, 0) is 6.54 Å². The van der Waals surface area contributed by atoms with E-state index in [4.69, 9.17) is 4.74 Å². The van der Waals surface area contributed by atoms with Gasteiger partial charge in [-0.2, -0.15) is 11.8 Å². The Bertz CT molecular complexity index is 718. The number of carbonyl (C=O) groups is 1. The minimum Gasteiger partial charge on any atom is -0.494 e. The molecule has 3 rings (SSSR count). The van der Waals surface area contributed by atoms with E-state index in [1.165, 1.54) is 0 Å². The van der Waals surface area contributed by atoms with E-state index in [2.05, 4.69) is 20.5 Å². The largest absolute Gasteiger partial charge is 0.494 e. The summed E-state index contributed by atoms with van der Waals surface area (Å²) in [6.07, 6.45) is 1.80. The van der Waals surface area contributed by atoms with E-state index < -0.39 is 0 Å². The zero-order valence-electron chi connectivity index (χ0n) is 14.9. The van der Waals surface area contributed by atoms with Crippen LogP contribution >= 0.6 is 11.8 Å². The zero-order chi connectivity index (χ0) is 18.2. The van der Waals surface area contributed by atoms with Crippen molar-refractivity contribution in [2.45, 2.75) is 13.5 Å². The van der Waals surface area contributed by atoms with E-state index in [-0.39, 0.29) is 6.03 Å². The summed E-state index contributed by atoms with van der Waals surface area (Å²) in [6.45, 7) is 5.06. The van der Waals surface area contributed by atoms with Crippen LogP contribution in [0.1, 0.15) is 12.5 Å². The Morgan fingerprint density at radius 1 is 1.23 bits per heavy atom. The third-order valence-electron chi connectivity index (χ3n) is 4.02. The van der Waals surface area contributed by atoms with E-state index in [0.29, 0.717) is 13.2 Å². The van der Waals surface area contributed by atoms with Gasteiger partial charge in [0.15, 0.2) is 0 Å². The number of anilines is 2. The van der Waals surface area contributed by atoms with Gasteiger partial charge in [-0.1, -0.05) is 0 Å². The van der Waals surface area contributed by atoms with Crippen molar-refractivity contribution in [2.75, 3.05) is 41.4 Å². The van der Waals surface area contributed by atoms with Gasteiger partial charge in [0, 0.05) is 43.0 Å². The van der Waals surface area contributed by atoms with Crippen molar-refractivity contribution in [1.82, 2.24) is 10.3 Å². The summed E-state index contributed by atoms with van der Waals surface area (Å²) in [5.41, 5.74) is 1.77. The summed E-state index contributed by atoms with van der Waals surface area (Å²) < 4.78 is 5.39. The van der Waals surface area contributed by atoms with Crippen LogP contribution in [0.4, 0.5) is 16.3 Å². The summed E-state index contributed by atoms with van der Waals surface area (Å²) in [5, 5.41) is 5.71. The number of carbonyl (C=O) groups excluding carboxylic acids is 1. The predicted molar refractivity (Wildman–Crippen MR) is 107 cm³/mol. The number of nitrogens with one attached hydrogen (secondary N) is 2. The van der Waals surface area contributed by atoms with Crippen molar-refractivity contribution in [2.24, 2.45) is 0 Å². The van der Waals surface area contributed by atoms with Gasteiger partial charge in [0.1, 0.15) is 11.6 Å². The number of thioether (sulfide) groups is 1. The molecule has 1 aromatic carbocycles. The predicted octanol–water partition coefficient (Wildman–Crippen LogP) is 3.36.